The number of alkyl halides is 3. The lowest BCUT2D eigenvalue weighted by Crippen LogP contribution is -2.24. The minimum atomic E-state index is -5.04. The molecule has 0 fully saturated rings. The number of halogens is 4. The van der Waals surface area contributed by atoms with E-state index >= 15 is 0 Å². The van der Waals surface area contributed by atoms with E-state index in [2.05, 4.69) is 9.94 Å². The largest absolute Gasteiger partial charge is 0.494 e. The van der Waals surface area contributed by atoms with Crippen LogP contribution in [0.4, 0.5) is 17.6 Å². The zero-order valence-electron chi connectivity index (χ0n) is 16.9. The van der Waals surface area contributed by atoms with Gasteiger partial charge in [0, 0.05) is 24.3 Å². The quantitative estimate of drug-likeness (QED) is 0.526. The lowest BCUT2D eigenvalue weighted by molar-refractivity contribution is -0.161. The predicted octanol–water partition coefficient (Wildman–Crippen LogP) is 3.76. The fraction of sp³-hybridized carbons (Fsp3) is 0.200. The van der Waals surface area contributed by atoms with E-state index in [0.717, 1.165) is 25.3 Å². The average molecular weight is 472 g/mol. The van der Waals surface area contributed by atoms with Crippen LogP contribution in [0.25, 0.3) is 22.4 Å². The third kappa shape index (κ3) is 4.59. The number of rotatable bonds is 5. The zero-order chi connectivity index (χ0) is 23.8. The van der Waals surface area contributed by atoms with E-state index in [4.69, 9.17) is 4.74 Å². The fourth-order valence-electron chi connectivity index (χ4n) is 2.99. The first kappa shape index (κ1) is 23.3. The number of hydrogen-bond donors (Lipinski definition) is 0. The van der Waals surface area contributed by atoms with Crippen molar-refractivity contribution < 1.29 is 40.3 Å². The summed E-state index contributed by atoms with van der Waals surface area (Å²) in [7, 11) is -2.36. The smallest absolute Gasteiger partial charge is 0.437 e. The van der Waals surface area contributed by atoms with Crippen LogP contribution in [0.15, 0.2) is 47.4 Å². The van der Waals surface area contributed by atoms with Crippen molar-refractivity contribution in [3.05, 3.63) is 54.0 Å². The minimum Gasteiger partial charge on any atom is -0.494 e. The molecule has 1 heterocycles. The molecule has 0 saturated carbocycles. The number of methoxy groups -OCH3 is 1. The van der Waals surface area contributed by atoms with Crippen LogP contribution in [0.5, 0.6) is 5.75 Å². The Balaban J connectivity index is 2.34. The van der Waals surface area contributed by atoms with Crippen LogP contribution in [0.3, 0.4) is 0 Å². The molecular weight excluding hydrogens is 456 g/mol. The van der Waals surface area contributed by atoms with Gasteiger partial charge in [0.1, 0.15) is 5.69 Å². The van der Waals surface area contributed by atoms with Crippen molar-refractivity contribution in [1.29, 1.82) is 0 Å². The summed E-state index contributed by atoms with van der Waals surface area (Å²) in [5.74, 6) is -2.17. The predicted molar refractivity (Wildman–Crippen MR) is 105 cm³/mol. The first-order chi connectivity index (χ1) is 14.8. The Kier molecular flexibility index (Phi) is 6.00. The maximum absolute atomic E-state index is 14.3. The van der Waals surface area contributed by atoms with E-state index in [9.17, 15) is 30.8 Å². The van der Waals surface area contributed by atoms with Crippen molar-refractivity contribution in [1.82, 2.24) is 9.94 Å². The zero-order valence-corrected chi connectivity index (χ0v) is 17.7. The van der Waals surface area contributed by atoms with Crippen molar-refractivity contribution in [2.24, 2.45) is 0 Å². The van der Waals surface area contributed by atoms with E-state index in [1.165, 1.54) is 37.4 Å². The number of sulfone groups is 1. The van der Waals surface area contributed by atoms with Gasteiger partial charge in [-0.2, -0.15) is 13.2 Å². The number of carbonyl (C=O) groups is 1. The minimum absolute atomic E-state index is 0.0274. The fourth-order valence-corrected chi connectivity index (χ4v) is 3.62. The van der Waals surface area contributed by atoms with Gasteiger partial charge in [-0.25, -0.2) is 17.6 Å². The van der Waals surface area contributed by atoms with E-state index in [1.54, 1.807) is 0 Å². The van der Waals surface area contributed by atoms with Crippen LogP contribution < -0.4 is 9.57 Å². The number of aromatic nitrogens is 2. The lowest BCUT2D eigenvalue weighted by atomic mass is 9.98. The summed E-state index contributed by atoms with van der Waals surface area (Å²) in [6, 6.07) is 8.06. The van der Waals surface area contributed by atoms with Gasteiger partial charge < -0.3 is 9.57 Å². The molecule has 0 aliphatic heterocycles. The Morgan fingerprint density at radius 3 is 2.12 bits per heavy atom. The Hall–Kier alpha value is -3.41. The molecule has 0 atom stereocenters. The molecule has 0 spiro atoms. The first-order valence-electron chi connectivity index (χ1n) is 8.86. The summed E-state index contributed by atoms with van der Waals surface area (Å²) < 4.78 is 84.5. The lowest BCUT2D eigenvalue weighted by Gasteiger charge is -2.12. The number of nitrogens with zero attached hydrogens (tertiary/aromatic N) is 2. The molecule has 0 amide bonds. The molecule has 1 aromatic heterocycles. The summed E-state index contributed by atoms with van der Waals surface area (Å²) in [6.07, 6.45) is -4.07. The standard InChI is InChI=1S/C20H16F4N2O5S/c1-11(27)31-26-19(20(22,23)24)17(13-6-9-16(30-2)15(21)10-13)18(25-26)12-4-7-14(8-5-12)32(3,28)29/h4-10H,1-3H3. The molecule has 170 valence electrons. The molecule has 3 aromatic rings. The molecule has 0 unspecified atom stereocenters. The molecule has 0 aliphatic rings. The molecule has 0 aliphatic carbocycles. The van der Waals surface area contributed by atoms with Gasteiger partial charge in [-0.15, -0.1) is 5.10 Å². The van der Waals surface area contributed by atoms with Gasteiger partial charge in [0.2, 0.25) is 0 Å². The molecular formula is C20H16F4N2O5S. The van der Waals surface area contributed by atoms with Gasteiger partial charge in [0.25, 0.3) is 0 Å². The highest BCUT2D eigenvalue weighted by Crippen LogP contribution is 2.43. The highest BCUT2D eigenvalue weighted by atomic mass is 32.2. The first-order valence-corrected chi connectivity index (χ1v) is 10.8. The normalized spacial score (nSPS) is 12.0. The Morgan fingerprint density at radius 1 is 1.06 bits per heavy atom. The van der Waals surface area contributed by atoms with E-state index < -0.39 is 39.1 Å². The van der Waals surface area contributed by atoms with Gasteiger partial charge in [-0.05, 0) is 29.8 Å². The van der Waals surface area contributed by atoms with Crippen LogP contribution in [0.2, 0.25) is 0 Å². The highest BCUT2D eigenvalue weighted by molar-refractivity contribution is 7.90. The van der Waals surface area contributed by atoms with Crippen LogP contribution >= 0.6 is 0 Å². The Morgan fingerprint density at radius 2 is 1.66 bits per heavy atom. The monoisotopic (exact) mass is 472 g/mol. The topological polar surface area (TPSA) is 87.5 Å². The van der Waals surface area contributed by atoms with Crippen molar-refractivity contribution >= 4 is 15.8 Å². The van der Waals surface area contributed by atoms with Crippen molar-refractivity contribution in [3.8, 4) is 28.1 Å². The third-order valence-corrected chi connectivity index (χ3v) is 5.46. The van der Waals surface area contributed by atoms with Gasteiger partial charge >= 0.3 is 12.1 Å². The van der Waals surface area contributed by atoms with Crippen molar-refractivity contribution in [3.63, 3.8) is 0 Å². The molecule has 2 aromatic carbocycles. The molecule has 0 bridgehead atoms. The third-order valence-electron chi connectivity index (χ3n) is 4.34. The number of hydrogen-bond acceptors (Lipinski definition) is 6. The van der Waals surface area contributed by atoms with Crippen LogP contribution in [-0.2, 0) is 20.8 Å². The summed E-state index contributed by atoms with van der Waals surface area (Å²) in [6.45, 7) is 0.898. The molecule has 32 heavy (non-hydrogen) atoms. The molecule has 3 rings (SSSR count). The maximum atomic E-state index is 14.3. The SMILES string of the molecule is COc1ccc(-c2c(-c3ccc(S(C)(=O)=O)cc3)nn(OC(C)=O)c2C(F)(F)F)cc1F. The summed E-state index contributed by atoms with van der Waals surface area (Å²) in [4.78, 5) is 16.0. The van der Waals surface area contributed by atoms with Crippen molar-refractivity contribution in [2.45, 2.75) is 18.0 Å². The number of ether oxygens (including phenoxy) is 1. The second-order valence-corrected chi connectivity index (χ2v) is 8.69. The summed E-state index contributed by atoms with van der Waals surface area (Å²) >= 11 is 0. The van der Waals surface area contributed by atoms with E-state index in [0.29, 0.717) is 0 Å². The Bertz CT molecular complexity index is 1280. The maximum Gasteiger partial charge on any atom is 0.437 e. The molecule has 0 N–H and O–H groups in total. The molecule has 0 saturated heterocycles. The van der Waals surface area contributed by atoms with Gasteiger partial charge in [-0.1, -0.05) is 23.0 Å². The van der Waals surface area contributed by atoms with Gasteiger partial charge in [0.05, 0.1) is 12.0 Å². The van der Waals surface area contributed by atoms with Crippen LogP contribution in [-0.4, -0.2) is 37.7 Å². The number of benzene rings is 2. The highest BCUT2D eigenvalue weighted by Gasteiger charge is 2.42. The molecule has 0 radical (unpaired) electrons. The van der Waals surface area contributed by atoms with Gasteiger partial charge in [-0.3, -0.25) is 0 Å². The van der Waals surface area contributed by atoms with Crippen LogP contribution in [0.1, 0.15) is 12.6 Å². The summed E-state index contributed by atoms with van der Waals surface area (Å²) in [5, 5.41) is 3.78. The van der Waals surface area contributed by atoms with Crippen LogP contribution in [0, 0.1) is 5.82 Å². The summed E-state index contributed by atoms with van der Waals surface area (Å²) in [5.41, 5.74) is -2.44. The second-order valence-electron chi connectivity index (χ2n) is 6.67. The molecule has 12 heteroatoms. The number of carbonyl (C=O) groups excluding carboxylic acids is 1. The van der Waals surface area contributed by atoms with Crippen molar-refractivity contribution in [2.75, 3.05) is 13.4 Å². The average Bonchev–Trinajstić information content (AvgIpc) is 3.06. The molecule has 7 nitrogen and oxygen atoms in total. The van der Waals surface area contributed by atoms with Gasteiger partial charge in [0.15, 0.2) is 27.1 Å². The van der Waals surface area contributed by atoms with E-state index in [-0.39, 0.29) is 32.3 Å². The second kappa shape index (κ2) is 8.26. The van der Waals surface area contributed by atoms with E-state index in [1.807, 2.05) is 0 Å². The Labute approximate surface area is 180 Å².